The van der Waals surface area contributed by atoms with E-state index in [-0.39, 0.29) is 0 Å². The summed E-state index contributed by atoms with van der Waals surface area (Å²) in [5, 5.41) is 1.98. The second kappa shape index (κ2) is 6.60. The van der Waals surface area contributed by atoms with Crippen molar-refractivity contribution in [2.75, 3.05) is 0 Å². The van der Waals surface area contributed by atoms with E-state index in [0.29, 0.717) is 5.56 Å². The van der Waals surface area contributed by atoms with Crippen LogP contribution in [0.5, 0.6) is 0 Å². The van der Waals surface area contributed by atoms with Crippen molar-refractivity contribution in [3.8, 4) is 11.1 Å². The van der Waals surface area contributed by atoms with E-state index in [4.69, 9.17) is 0 Å². The number of fused-ring (bicyclic) bond motifs is 1. The molecule has 0 amide bonds. The summed E-state index contributed by atoms with van der Waals surface area (Å²) in [4.78, 5) is 4.15. The van der Waals surface area contributed by atoms with Crippen LogP contribution in [-0.2, 0) is 6.18 Å². The second-order valence-corrected chi connectivity index (χ2v) is 6.64. The number of alkyl halides is 3. The van der Waals surface area contributed by atoms with Crippen LogP contribution in [0.3, 0.4) is 0 Å². The lowest BCUT2D eigenvalue weighted by atomic mass is 9.86. The van der Waals surface area contributed by atoms with E-state index in [1.807, 2.05) is 24.3 Å². The van der Waals surface area contributed by atoms with E-state index >= 15 is 0 Å². The van der Waals surface area contributed by atoms with Gasteiger partial charge in [-0.3, -0.25) is 4.98 Å². The molecule has 0 radical (unpaired) electrons. The summed E-state index contributed by atoms with van der Waals surface area (Å²) < 4.78 is 39.9. The maximum absolute atomic E-state index is 13.3. The largest absolute Gasteiger partial charge is 0.416 e. The molecule has 0 spiro atoms. The highest BCUT2D eigenvalue weighted by atomic mass is 19.4. The second-order valence-electron chi connectivity index (χ2n) is 6.64. The number of rotatable bonds is 2. The Balaban J connectivity index is 1.97. The van der Waals surface area contributed by atoms with Crippen molar-refractivity contribution in [3.05, 3.63) is 72.1 Å². The standard InChI is InChI=1S/C22H18F3N/c23-22(24,25)17-9-10-20(21(13-17)15-5-2-1-3-6-15)19-8-4-7-16-14-26-12-11-18(16)19/h4-5,7-14H,1-3,6H2. The quantitative estimate of drug-likeness (QED) is 0.489. The first-order chi connectivity index (χ1) is 12.5. The highest BCUT2D eigenvalue weighted by Gasteiger charge is 2.31. The average Bonchev–Trinajstić information content (AvgIpc) is 2.67. The van der Waals surface area contributed by atoms with Gasteiger partial charge in [-0.1, -0.05) is 30.3 Å². The third kappa shape index (κ3) is 3.12. The van der Waals surface area contributed by atoms with Gasteiger partial charge in [0.2, 0.25) is 0 Å². The molecule has 0 fully saturated rings. The summed E-state index contributed by atoms with van der Waals surface area (Å²) in [5.41, 5.74) is 2.92. The van der Waals surface area contributed by atoms with Crippen LogP contribution in [0.4, 0.5) is 13.2 Å². The third-order valence-corrected chi connectivity index (χ3v) is 4.95. The molecule has 2 aromatic carbocycles. The van der Waals surface area contributed by atoms with Crippen LogP contribution in [0.25, 0.3) is 27.5 Å². The molecule has 0 N–H and O–H groups in total. The molecule has 3 aromatic rings. The molecule has 1 aliphatic rings. The Morgan fingerprint density at radius 1 is 0.885 bits per heavy atom. The van der Waals surface area contributed by atoms with Gasteiger partial charge in [-0.15, -0.1) is 0 Å². The van der Waals surface area contributed by atoms with E-state index in [1.165, 1.54) is 12.1 Å². The number of allylic oxidation sites excluding steroid dienone is 2. The van der Waals surface area contributed by atoms with Crippen LogP contribution in [0, 0.1) is 0 Å². The Morgan fingerprint density at radius 2 is 1.77 bits per heavy atom. The van der Waals surface area contributed by atoms with Crippen molar-refractivity contribution >= 4 is 16.3 Å². The Hall–Kier alpha value is -2.62. The van der Waals surface area contributed by atoms with E-state index in [2.05, 4.69) is 11.1 Å². The molecule has 0 saturated heterocycles. The number of hydrogen-bond acceptors (Lipinski definition) is 1. The zero-order chi connectivity index (χ0) is 18.1. The first-order valence-corrected chi connectivity index (χ1v) is 8.78. The van der Waals surface area contributed by atoms with Gasteiger partial charge in [-0.05, 0) is 71.5 Å². The summed E-state index contributed by atoms with van der Waals surface area (Å²) in [5.74, 6) is 0. The number of aromatic nitrogens is 1. The highest BCUT2D eigenvalue weighted by molar-refractivity contribution is 5.99. The fraction of sp³-hybridized carbons (Fsp3) is 0.227. The fourth-order valence-electron chi connectivity index (χ4n) is 3.66. The van der Waals surface area contributed by atoms with Crippen LogP contribution < -0.4 is 0 Å². The summed E-state index contributed by atoms with van der Waals surface area (Å²) >= 11 is 0. The van der Waals surface area contributed by atoms with Crippen molar-refractivity contribution in [1.29, 1.82) is 0 Å². The number of pyridine rings is 1. The van der Waals surface area contributed by atoms with Gasteiger partial charge in [0, 0.05) is 17.8 Å². The predicted octanol–water partition coefficient (Wildman–Crippen LogP) is 6.88. The number of hydrogen-bond donors (Lipinski definition) is 0. The molecule has 1 aliphatic carbocycles. The lowest BCUT2D eigenvalue weighted by Crippen LogP contribution is -2.06. The number of halogens is 3. The predicted molar refractivity (Wildman–Crippen MR) is 98.6 cm³/mol. The van der Waals surface area contributed by atoms with Crippen molar-refractivity contribution < 1.29 is 13.2 Å². The van der Waals surface area contributed by atoms with E-state index in [0.717, 1.165) is 53.2 Å². The van der Waals surface area contributed by atoms with Gasteiger partial charge < -0.3 is 0 Å². The van der Waals surface area contributed by atoms with Crippen LogP contribution in [-0.4, -0.2) is 4.98 Å². The molecular weight excluding hydrogens is 335 g/mol. The van der Waals surface area contributed by atoms with E-state index in [1.54, 1.807) is 18.5 Å². The first kappa shape index (κ1) is 16.8. The fourth-order valence-corrected chi connectivity index (χ4v) is 3.66. The average molecular weight is 353 g/mol. The maximum Gasteiger partial charge on any atom is 0.416 e. The number of nitrogens with zero attached hydrogens (tertiary/aromatic N) is 1. The first-order valence-electron chi connectivity index (χ1n) is 8.78. The minimum Gasteiger partial charge on any atom is -0.264 e. The smallest absolute Gasteiger partial charge is 0.264 e. The van der Waals surface area contributed by atoms with Crippen molar-refractivity contribution in [3.63, 3.8) is 0 Å². The van der Waals surface area contributed by atoms with Crippen LogP contribution in [0.15, 0.2) is 60.9 Å². The molecule has 132 valence electrons. The Labute approximate surface area is 150 Å². The summed E-state index contributed by atoms with van der Waals surface area (Å²) in [7, 11) is 0. The highest BCUT2D eigenvalue weighted by Crippen LogP contribution is 2.40. The Kier molecular flexibility index (Phi) is 4.27. The van der Waals surface area contributed by atoms with Crippen molar-refractivity contribution in [1.82, 2.24) is 4.98 Å². The molecule has 4 heteroatoms. The van der Waals surface area contributed by atoms with Crippen LogP contribution >= 0.6 is 0 Å². The molecule has 0 atom stereocenters. The van der Waals surface area contributed by atoms with Gasteiger partial charge in [0.25, 0.3) is 0 Å². The summed E-state index contributed by atoms with van der Waals surface area (Å²) in [6.45, 7) is 0. The monoisotopic (exact) mass is 353 g/mol. The molecule has 26 heavy (non-hydrogen) atoms. The minimum absolute atomic E-state index is 0.593. The van der Waals surface area contributed by atoms with Gasteiger partial charge in [-0.2, -0.15) is 13.2 Å². The van der Waals surface area contributed by atoms with Crippen LogP contribution in [0.1, 0.15) is 36.8 Å². The Bertz CT molecular complexity index is 981. The van der Waals surface area contributed by atoms with E-state index < -0.39 is 11.7 Å². The van der Waals surface area contributed by atoms with Gasteiger partial charge in [0.1, 0.15) is 0 Å². The van der Waals surface area contributed by atoms with Gasteiger partial charge in [0.15, 0.2) is 0 Å². The van der Waals surface area contributed by atoms with Gasteiger partial charge in [0.05, 0.1) is 5.56 Å². The van der Waals surface area contributed by atoms with Crippen molar-refractivity contribution in [2.45, 2.75) is 31.9 Å². The van der Waals surface area contributed by atoms with Crippen molar-refractivity contribution in [2.24, 2.45) is 0 Å². The molecule has 0 unspecified atom stereocenters. The lowest BCUT2D eigenvalue weighted by molar-refractivity contribution is -0.137. The molecule has 1 aromatic heterocycles. The number of benzene rings is 2. The normalized spacial score (nSPS) is 15.1. The molecular formula is C22H18F3N. The van der Waals surface area contributed by atoms with E-state index in [9.17, 15) is 13.2 Å². The topological polar surface area (TPSA) is 12.9 Å². The molecule has 1 heterocycles. The SMILES string of the molecule is FC(F)(F)c1ccc(-c2cccc3cnccc23)c(C2=CCCCC2)c1. The van der Waals surface area contributed by atoms with Gasteiger partial charge in [-0.25, -0.2) is 0 Å². The molecule has 4 rings (SSSR count). The molecule has 0 bridgehead atoms. The van der Waals surface area contributed by atoms with Crippen LogP contribution in [0.2, 0.25) is 0 Å². The maximum atomic E-state index is 13.3. The summed E-state index contributed by atoms with van der Waals surface area (Å²) in [6.07, 6.45) is 5.10. The lowest BCUT2D eigenvalue weighted by Gasteiger charge is -2.20. The molecule has 1 nitrogen and oxygen atoms in total. The third-order valence-electron chi connectivity index (χ3n) is 4.95. The molecule has 0 aliphatic heterocycles. The summed E-state index contributed by atoms with van der Waals surface area (Å²) in [6, 6.07) is 11.9. The Morgan fingerprint density at radius 3 is 2.54 bits per heavy atom. The molecule has 0 saturated carbocycles. The zero-order valence-corrected chi connectivity index (χ0v) is 14.2. The zero-order valence-electron chi connectivity index (χ0n) is 14.2. The van der Waals surface area contributed by atoms with Gasteiger partial charge >= 0.3 is 6.18 Å². The minimum atomic E-state index is -4.34.